The highest BCUT2D eigenvalue weighted by molar-refractivity contribution is 6.05. The van der Waals surface area contributed by atoms with Crippen molar-refractivity contribution in [1.82, 2.24) is 4.90 Å². The largest absolute Gasteiger partial charge is 0.426 e. The normalized spacial score (nSPS) is 30.1. The molecule has 0 spiro atoms. The van der Waals surface area contributed by atoms with Crippen molar-refractivity contribution < 1.29 is 23.9 Å². The molecule has 1 saturated heterocycles. The first-order valence-electron chi connectivity index (χ1n) is 10.2. The van der Waals surface area contributed by atoms with E-state index in [9.17, 15) is 19.2 Å². The number of hydrogen-bond acceptors (Lipinski definition) is 5. The number of nitrogens with zero attached hydrogens (tertiary/aromatic N) is 1. The smallest absolute Gasteiger partial charge is 0.314 e. The molecule has 2 unspecified atom stereocenters. The molecule has 148 valence electrons. The van der Waals surface area contributed by atoms with E-state index in [0.29, 0.717) is 37.0 Å². The quantitative estimate of drug-likeness (QED) is 0.345. The Hall–Kier alpha value is -2.50. The Morgan fingerprint density at radius 3 is 2.00 bits per heavy atom. The fourth-order valence-corrected chi connectivity index (χ4v) is 4.93. The Kier molecular flexibility index (Phi) is 5.29. The molecule has 1 aliphatic heterocycles. The summed E-state index contributed by atoms with van der Waals surface area (Å²) in [6, 6.07) is 6.35. The molecule has 0 aromatic heterocycles. The van der Waals surface area contributed by atoms with Gasteiger partial charge in [0, 0.05) is 11.6 Å². The van der Waals surface area contributed by atoms with Crippen molar-refractivity contribution in [2.75, 3.05) is 0 Å². The summed E-state index contributed by atoms with van der Waals surface area (Å²) in [7, 11) is 0. The van der Waals surface area contributed by atoms with Crippen LogP contribution in [-0.2, 0) is 14.4 Å². The summed E-state index contributed by atoms with van der Waals surface area (Å²) in [5.74, 6) is -0.294. The van der Waals surface area contributed by atoms with Gasteiger partial charge in [0.15, 0.2) is 0 Å². The predicted octanol–water partition coefficient (Wildman–Crippen LogP) is 3.14. The fourth-order valence-electron chi connectivity index (χ4n) is 4.93. The Balaban J connectivity index is 1.34. The number of likely N-dealkylation sites (tertiary alicyclic amines) is 1. The highest BCUT2D eigenvalue weighted by Crippen LogP contribution is 2.41. The number of imide groups is 1. The van der Waals surface area contributed by atoms with E-state index in [1.165, 1.54) is 4.90 Å². The Bertz CT molecular complexity index is 755. The number of aldehydes is 1. The molecule has 2 aliphatic carbocycles. The zero-order valence-electron chi connectivity index (χ0n) is 15.8. The molecule has 6 nitrogen and oxygen atoms in total. The van der Waals surface area contributed by atoms with Crippen LogP contribution in [0.2, 0.25) is 0 Å². The average Bonchev–Trinajstić information content (AvgIpc) is 2.99. The first-order chi connectivity index (χ1) is 13.6. The van der Waals surface area contributed by atoms with E-state index in [1.54, 1.807) is 24.3 Å². The summed E-state index contributed by atoms with van der Waals surface area (Å²) in [4.78, 5) is 50.2. The molecule has 3 fully saturated rings. The van der Waals surface area contributed by atoms with Crippen LogP contribution in [0.1, 0.15) is 61.7 Å². The number of fused-ring (bicyclic) bond motifs is 1. The molecule has 6 heteroatoms. The summed E-state index contributed by atoms with van der Waals surface area (Å²) in [6.45, 7) is 0. The van der Waals surface area contributed by atoms with Crippen molar-refractivity contribution in [2.45, 2.75) is 57.4 Å². The van der Waals surface area contributed by atoms with E-state index in [-0.39, 0.29) is 41.6 Å². The Morgan fingerprint density at radius 1 is 0.893 bits per heavy atom. The van der Waals surface area contributed by atoms with Gasteiger partial charge in [-0.3, -0.25) is 24.1 Å². The minimum atomic E-state index is -0.287. The number of hydrogen-bond donors (Lipinski definition) is 0. The zero-order chi connectivity index (χ0) is 19.7. The van der Waals surface area contributed by atoms with Crippen molar-refractivity contribution in [1.29, 1.82) is 0 Å². The summed E-state index contributed by atoms with van der Waals surface area (Å²) in [5.41, 5.74) is 0.529. The van der Waals surface area contributed by atoms with Crippen LogP contribution in [0.4, 0.5) is 0 Å². The zero-order valence-corrected chi connectivity index (χ0v) is 15.8. The SMILES string of the molecule is O=Cc1ccc(OC(=O)C2CCC(N3C(=O)C4CCCCC4C3=O)CC2)cc1. The Morgan fingerprint density at radius 2 is 1.46 bits per heavy atom. The maximum absolute atomic E-state index is 12.7. The van der Waals surface area contributed by atoms with Gasteiger partial charge in [-0.1, -0.05) is 12.8 Å². The van der Waals surface area contributed by atoms with Gasteiger partial charge in [0.25, 0.3) is 0 Å². The van der Waals surface area contributed by atoms with Crippen LogP contribution in [0, 0.1) is 17.8 Å². The molecule has 4 rings (SSSR count). The lowest BCUT2D eigenvalue weighted by Gasteiger charge is -2.32. The number of amides is 2. The van der Waals surface area contributed by atoms with Gasteiger partial charge >= 0.3 is 5.97 Å². The summed E-state index contributed by atoms with van der Waals surface area (Å²) >= 11 is 0. The lowest BCUT2D eigenvalue weighted by Crippen LogP contribution is -2.43. The fraction of sp³-hybridized carbons (Fsp3) is 0.545. The highest BCUT2D eigenvalue weighted by Gasteiger charge is 2.50. The molecule has 0 bridgehead atoms. The summed E-state index contributed by atoms with van der Waals surface area (Å²) in [6.07, 6.45) is 6.99. The third kappa shape index (κ3) is 3.48. The van der Waals surface area contributed by atoms with Crippen molar-refractivity contribution in [3.8, 4) is 5.75 Å². The standard InChI is InChI=1S/C22H25NO5/c24-13-14-5-11-17(12-6-14)28-22(27)15-7-9-16(10-8-15)23-20(25)18-3-1-2-4-19(18)21(23)26/h5-6,11-13,15-16,18-19H,1-4,7-10H2. The summed E-state index contributed by atoms with van der Waals surface area (Å²) in [5, 5.41) is 0. The van der Waals surface area contributed by atoms with Crippen molar-refractivity contribution in [3.05, 3.63) is 29.8 Å². The van der Waals surface area contributed by atoms with Crippen LogP contribution in [-0.4, -0.2) is 35.0 Å². The third-order valence-corrected chi connectivity index (χ3v) is 6.51. The Labute approximate surface area is 164 Å². The molecule has 0 N–H and O–H groups in total. The first-order valence-corrected chi connectivity index (χ1v) is 10.2. The second kappa shape index (κ2) is 7.86. The second-order valence-electron chi connectivity index (χ2n) is 8.16. The lowest BCUT2D eigenvalue weighted by atomic mass is 9.81. The van der Waals surface area contributed by atoms with Crippen molar-refractivity contribution in [3.63, 3.8) is 0 Å². The monoisotopic (exact) mass is 383 g/mol. The molecule has 3 aliphatic rings. The van der Waals surface area contributed by atoms with Crippen LogP contribution in [0.5, 0.6) is 5.75 Å². The van der Waals surface area contributed by atoms with Crippen LogP contribution in [0.3, 0.4) is 0 Å². The molecule has 1 heterocycles. The number of benzene rings is 1. The number of esters is 1. The van der Waals surface area contributed by atoms with Crippen LogP contribution >= 0.6 is 0 Å². The molecule has 2 saturated carbocycles. The van der Waals surface area contributed by atoms with E-state index >= 15 is 0 Å². The minimum absolute atomic E-state index is 0.0102. The van der Waals surface area contributed by atoms with Gasteiger partial charge in [0.05, 0.1) is 17.8 Å². The van der Waals surface area contributed by atoms with Gasteiger partial charge in [0.2, 0.25) is 11.8 Å². The topological polar surface area (TPSA) is 80.8 Å². The lowest BCUT2D eigenvalue weighted by molar-refractivity contribution is -0.144. The number of ether oxygens (including phenoxy) is 1. The molecule has 0 radical (unpaired) electrons. The predicted molar refractivity (Wildman–Crippen MR) is 101 cm³/mol. The number of carbonyl (C=O) groups is 4. The molecule has 1 aromatic carbocycles. The molecular weight excluding hydrogens is 358 g/mol. The molecule has 28 heavy (non-hydrogen) atoms. The second-order valence-corrected chi connectivity index (χ2v) is 8.16. The van der Waals surface area contributed by atoms with Crippen LogP contribution in [0.25, 0.3) is 0 Å². The number of carbonyl (C=O) groups excluding carboxylic acids is 4. The number of rotatable bonds is 4. The maximum Gasteiger partial charge on any atom is 0.314 e. The van der Waals surface area contributed by atoms with Crippen molar-refractivity contribution >= 4 is 24.1 Å². The molecular formula is C22H25NO5. The minimum Gasteiger partial charge on any atom is -0.426 e. The van der Waals surface area contributed by atoms with Crippen LogP contribution in [0.15, 0.2) is 24.3 Å². The summed E-state index contributed by atoms with van der Waals surface area (Å²) < 4.78 is 5.43. The van der Waals surface area contributed by atoms with Gasteiger partial charge in [-0.05, 0) is 62.8 Å². The van der Waals surface area contributed by atoms with Gasteiger partial charge in [-0.25, -0.2) is 0 Å². The van der Waals surface area contributed by atoms with E-state index in [2.05, 4.69) is 0 Å². The van der Waals surface area contributed by atoms with Gasteiger partial charge < -0.3 is 4.74 Å². The average molecular weight is 383 g/mol. The van der Waals surface area contributed by atoms with E-state index in [0.717, 1.165) is 32.0 Å². The molecule has 1 aromatic rings. The van der Waals surface area contributed by atoms with Gasteiger partial charge in [-0.2, -0.15) is 0 Å². The maximum atomic E-state index is 12.7. The molecule has 2 atom stereocenters. The van der Waals surface area contributed by atoms with E-state index in [4.69, 9.17) is 4.74 Å². The highest BCUT2D eigenvalue weighted by atomic mass is 16.5. The van der Waals surface area contributed by atoms with Gasteiger partial charge in [0.1, 0.15) is 12.0 Å². The van der Waals surface area contributed by atoms with Gasteiger partial charge in [-0.15, -0.1) is 0 Å². The van der Waals surface area contributed by atoms with E-state index < -0.39 is 0 Å². The third-order valence-electron chi connectivity index (χ3n) is 6.51. The van der Waals surface area contributed by atoms with Crippen LogP contribution < -0.4 is 4.74 Å². The van der Waals surface area contributed by atoms with E-state index in [1.807, 2.05) is 0 Å². The molecule has 2 amide bonds. The van der Waals surface area contributed by atoms with Crippen molar-refractivity contribution in [2.24, 2.45) is 17.8 Å². The first kappa shape index (κ1) is 18.8.